The summed E-state index contributed by atoms with van der Waals surface area (Å²) < 4.78 is 5.79. The highest BCUT2D eigenvalue weighted by Gasteiger charge is 2.05. The van der Waals surface area contributed by atoms with E-state index in [0.717, 1.165) is 33.3 Å². The summed E-state index contributed by atoms with van der Waals surface area (Å²) in [6.07, 6.45) is 0.717. The van der Waals surface area contributed by atoms with E-state index in [4.69, 9.17) is 4.42 Å². The van der Waals surface area contributed by atoms with Crippen molar-refractivity contribution in [2.45, 2.75) is 13.3 Å². The molecule has 0 atom stereocenters. The molecular weight excluding hydrogens is 280 g/mol. The average molecular weight is 294 g/mol. The Balaban J connectivity index is 1.85. The Labute approximate surface area is 127 Å². The van der Waals surface area contributed by atoms with Crippen molar-refractivity contribution in [3.05, 3.63) is 48.0 Å². The van der Waals surface area contributed by atoms with Crippen LogP contribution in [0, 0.1) is 11.8 Å². The van der Waals surface area contributed by atoms with Crippen LogP contribution in [0.15, 0.2) is 46.9 Å². The van der Waals surface area contributed by atoms with E-state index in [-0.39, 0.29) is 5.12 Å². The predicted octanol–water partition coefficient (Wildman–Crippen LogP) is 4.61. The van der Waals surface area contributed by atoms with Gasteiger partial charge in [0.05, 0.1) is 0 Å². The summed E-state index contributed by atoms with van der Waals surface area (Å²) in [7, 11) is 0. The van der Waals surface area contributed by atoms with Crippen molar-refractivity contribution in [3.63, 3.8) is 0 Å². The van der Waals surface area contributed by atoms with Crippen LogP contribution in [0.25, 0.3) is 21.9 Å². The van der Waals surface area contributed by atoms with Crippen molar-refractivity contribution < 1.29 is 9.21 Å². The number of thioether (sulfide) groups is 1. The molecule has 104 valence electrons. The van der Waals surface area contributed by atoms with E-state index >= 15 is 0 Å². The SMILES string of the molecule is CC(=O)SCCC#Cc1ccc2oc3ccccc3c2c1. The molecule has 0 saturated heterocycles. The monoisotopic (exact) mass is 294 g/mol. The van der Waals surface area contributed by atoms with E-state index in [0.29, 0.717) is 6.42 Å². The summed E-state index contributed by atoms with van der Waals surface area (Å²) in [5.74, 6) is 7.01. The second-order valence-electron chi connectivity index (χ2n) is 4.70. The summed E-state index contributed by atoms with van der Waals surface area (Å²) in [6.45, 7) is 1.58. The number of para-hydroxylation sites is 1. The Bertz CT molecular complexity index is 865. The molecule has 3 aromatic rings. The number of carbonyl (C=O) groups excluding carboxylic acids is 1. The summed E-state index contributed by atoms with van der Waals surface area (Å²) in [6, 6.07) is 14.0. The number of benzene rings is 2. The molecule has 0 radical (unpaired) electrons. The summed E-state index contributed by atoms with van der Waals surface area (Å²) >= 11 is 1.32. The highest BCUT2D eigenvalue weighted by Crippen LogP contribution is 2.28. The third-order valence-electron chi connectivity index (χ3n) is 3.14. The van der Waals surface area contributed by atoms with Gasteiger partial charge in [0.1, 0.15) is 11.2 Å². The number of hydrogen-bond donors (Lipinski definition) is 0. The van der Waals surface area contributed by atoms with Crippen LogP contribution in [0.1, 0.15) is 18.9 Å². The Hall–Kier alpha value is -2.18. The van der Waals surface area contributed by atoms with E-state index in [2.05, 4.69) is 24.0 Å². The van der Waals surface area contributed by atoms with E-state index in [1.165, 1.54) is 11.8 Å². The molecule has 0 bridgehead atoms. The molecule has 0 aliphatic heterocycles. The Kier molecular flexibility index (Phi) is 3.98. The molecule has 21 heavy (non-hydrogen) atoms. The van der Waals surface area contributed by atoms with Gasteiger partial charge < -0.3 is 4.42 Å². The molecule has 2 nitrogen and oxygen atoms in total. The van der Waals surface area contributed by atoms with Crippen molar-refractivity contribution in [3.8, 4) is 11.8 Å². The molecule has 3 heteroatoms. The minimum atomic E-state index is 0.142. The fourth-order valence-electron chi connectivity index (χ4n) is 2.21. The lowest BCUT2D eigenvalue weighted by atomic mass is 10.1. The summed E-state index contributed by atoms with van der Waals surface area (Å²) in [4.78, 5) is 10.8. The van der Waals surface area contributed by atoms with Crippen molar-refractivity contribution in [1.82, 2.24) is 0 Å². The number of fused-ring (bicyclic) bond motifs is 3. The molecule has 0 N–H and O–H groups in total. The van der Waals surface area contributed by atoms with Crippen LogP contribution in [0.4, 0.5) is 0 Å². The molecule has 0 amide bonds. The van der Waals surface area contributed by atoms with E-state index in [9.17, 15) is 4.79 Å². The van der Waals surface area contributed by atoms with Crippen molar-refractivity contribution in [2.24, 2.45) is 0 Å². The van der Waals surface area contributed by atoms with Crippen molar-refractivity contribution >= 4 is 38.8 Å². The third-order valence-corrected chi connectivity index (χ3v) is 3.96. The lowest BCUT2D eigenvalue weighted by molar-refractivity contribution is -0.109. The van der Waals surface area contributed by atoms with Crippen LogP contribution in [0.3, 0.4) is 0 Å². The van der Waals surface area contributed by atoms with Gasteiger partial charge in [-0.3, -0.25) is 4.79 Å². The highest BCUT2D eigenvalue weighted by molar-refractivity contribution is 8.13. The van der Waals surface area contributed by atoms with Gasteiger partial charge in [-0.2, -0.15) is 0 Å². The standard InChI is InChI=1S/C18H14O2S/c1-13(19)21-11-5-4-6-14-9-10-18-16(12-14)15-7-2-3-8-17(15)20-18/h2-3,7-10,12H,5,11H2,1H3. The molecule has 3 rings (SSSR count). The quantitative estimate of drug-likeness (QED) is 0.511. The van der Waals surface area contributed by atoms with Gasteiger partial charge in [-0.25, -0.2) is 0 Å². The van der Waals surface area contributed by atoms with E-state index < -0.39 is 0 Å². The van der Waals surface area contributed by atoms with Crippen LogP contribution in [0.5, 0.6) is 0 Å². The molecular formula is C18H14O2S. The Morgan fingerprint density at radius 2 is 1.95 bits per heavy atom. The number of carbonyl (C=O) groups is 1. The molecule has 0 unspecified atom stereocenters. The molecule has 1 heterocycles. The first kappa shape index (κ1) is 13.8. The maximum Gasteiger partial charge on any atom is 0.185 e. The fraction of sp³-hybridized carbons (Fsp3) is 0.167. The van der Waals surface area contributed by atoms with Crippen molar-refractivity contribution in [2.75, 3.05) is 5.75 Å². The van der Waals surface area contributed by atoms with Gasteiger partial charge >= 0.3 is 0 Å². The highest BCUT2D eigenvalue weighted by atomic mass is 32.2. The largest absolute Gasteiger partial charge is 0.456 e. The average Bonchev–Trinajstić information content (AvgIpc) is 2.84. The third kappa shape index (κ3) is 3.12. The molecule has 0 aliphatic carbocycles. The van der Waals surface area contributed by atoms with Crippen LogP contribution in [-0.4, -0.2) is 10.9 Å². The maximum atomic E-state index is 10.8. The second-order valence-corrected chi connectivity index (χ2v) is 5.97. The fourth-order valence-corrected chi connectivity index (χ4v) is 2.71. The van der Waals surface area contributed by atoms with Crippen LogP contribution in [-0.2, 0) is 4.79 Å². The zero-order valence-corrected chi connectivity index (χ0v) is 12.5. The zero-order chi connectivity index (χ0) is 14.7. The summed E-state index contributed by atoms with van der Waals surface area (Å²) in [5.41, 5.74) is 2.76. The zero-order valence-electron chi connectivity index (χ0n) is 11.7. The lowest BCUT2D eigenvalue weighted by Gasteiger charge is -1.92. The molecule has 0 fully saturated rings. The first-order chi connectivity index (χ1) is 10.2. The minimum absolute atomic E-state index is 0.142. The smallest absolute Gasteiger partial charge is 0.185 e. The first-order valence-corrected chi connectivity index (χ1v) is 7.76. The first-order valence-electron chi connectivity index (χ1n) is 6.77. The molecule has 0 saturated carbocycles. The number of hydrogen-bond acceptors (Lipinski definition) is 3. The Morgan fingerprint density at radius 3 is 2.81 bits per heavy atom. The van der Waals surface area contributed by atoms with Crippen molar-refractivity contribution in [1.29, 1.82) is 0 Å². The van der Waals surface area contributed by atoms with Crippen LogP contribution >= 0.6 is 11.8 Å². The van der Waals surface area contributed by atoms with Gasteiger partial charge in [0.25, 0.3) is 0 Å². The van der Waals surface area contributed by atoms with E-state index in [1.807, 2.05) is 30.3 Å². The lowest BCUT2D eigenvalue weighted by Crippen LogP contribution is -1.84. The number of furan rings is 1. The Morgan fingerprint density at radius 1 is 1.14 bits per heavy atom. The second kappa shape index (κ2) is 6.07. The predicted molar refractivity (Wildman–Crippen MR) is 88.4 cm³/mol. The molecule has 0 aliphatic rings. The van der Waals surface area contributed by atoms with Gasteiger partial charge in [-0.1, -0.05) is 41.8 Å². The minimum Gasteiger partial charge on any atom is -0.456 e. The normalized spacial score (nSPS) is 10.5. The molecule has 0 spiro atoms. The van der Waals surface area contributed by atoms with Crippen LogP contribution in [0.2, 0.25) is 0 Å². The topological polar surface area (TPSA) is 30.2 Å². The van der Waals surface area contributed by atoms with Gasteiger partial charge in [-0.05, 0) is 24.3 Å². The van der Waals surface area contributed by atoms with Gasteiger partial charge in [-0.15, -0.1) is 0 Å². The summed E-state index contributed by atoms with van der Waals surface area (Å²) in [5, 5.41) is 2.35. The van der Waals surface area contributed by atoms with Gasteiger partial charge in [0.15, 0.2) is 5.12 Å². The van der Waals surface area contributed by atoms with E-state index in [1.54, 1.807) is 6.92 Å². The van der Waals surface area contributed by atoms with Crippen LogP contribution < -0.4 is 0 Å². The number of rotatable bonds is 2. The molecule has 1 aromatic heterocycles. The maximum absolute atomic E-state index is 10.8. The molecule has 2 aromatic carbocycles. The van der Waals surface area contributed by atoms with Gasteiger partial charge in [0.2, 0.25) is 0 Å². The van der Waals surface area contributed by atoms with Gasteiger partial charge in [0, 0.05) is 35.4 Å².